The molecule has 0 spiro atoms. The molecule has 3 heteroatoms. The van der Waals surface area contributed by atoms with Crippen molar-refractivity contribution >= 4 is 59.9 Å². The molecule has 1 heterocycles. The second kappa shape index (κ2) is 4.00. The first-order valence-electron chi connectivity index (χ1n) is 5.22. The van der Waals surface area contributed by atoms with Crippen LogP contribution in [0.15, 0.2) is 51.9 Å². The van der Waals surface area contributed by atoms with E-state index in [9.17, 15) is 0 Å². The first-order valence-corrected chi connectivity index (χ1v) is 6.80. The van der Waals surface area contributed by atoms with Crippen LogP contribution in [-0.2, 0) is 0 Å². The number of hydrogen-bond acceptors (Lipinski definition) is 0. The average molecular weight is 351 g/mol. The van der Waals surface area contributed by atoms with E-state index in [4.69, 9.17) is 0 Å². The van der Waals surface area contributed by atoms with Gasteiger partial charge in [0.05, 0.1) is 11.0 Å². The zero-order valence-corrected chi connectivity index (χ0v) is 12.1. The maximum Gasteiger partial charge on any atom is 0.0545 e. The zero-order chi connectivity index (χ0) is 12.0. The number of fused-ring (bicyclic) bond motifs is 3. The van der Waals surface area contributed by atoms with E-state index < -0.39 is 0 Å². The fourth-order valence-electron chi connectivity index (χ4n) is 2.19. The summed E-state index contributed by atoms with van der Waals surface area (Å²) in [6.07, 6.45) is 1.85. The van der Waals surface area contributed by atoms with Gasteiger partial charge in [-0.3, -0.25) is 0 Å². The van der Waals surface area contributed by atoms with Crippen LogP contribution < -0.4 is 0 Å². The van der Waals surface area contributed by atoms with Gasteiger partial charge in [-0.05, 0) is 30.3 Å². The number of nitrogens with zero attached hydrogens (tertiary/aromatic N) is 1. The fourth-order valence-corrected chi connectivity index (χ4v) is 2.90. The molecule has 0 aliphatic carbocycles. The quantitative estimate of drug-likeness (QED) is 0.552. The van der Waals surface area contributed by atoms with Crippen LogP contribution in [0.4, 0.5) is 0 Å². The van der Waals surface area contributed by atoms with Gasteiger partial charge < -0.3 is 4.57 Å². The van der Waals surface area contributed by atoms with Gasteiger partial charge in [0.1, 0.15) is 0 Å². The minimum atomic E-state index is 1.08. The molecule has 0 fully saturated rings. The topological polar surface area (TPSA) is 4.93 Å². The largest absolute Gasteiger partial charge is 0.316 e. The summed E-state index contributed by atoms with van der Waals surface area (Å²) in [5, 5.41) is 2.48. The van der Waals surface area contributed by atoms with Crippen LogP contribution >= 0.6 is 31.9 Å². The molecule has 0 radical (unpaired) electrons. The highest BCUT2D eigenvalue weighted by Crippen LogP contribution is 2.32. The Hall–Kier alpha value is -1.06. The van der Waals surface area contributed by atoms with E-state index in [1.807, 2.05) is 6.20 Å². The molecule has 1 aromatic heterocycles. The van der Waals surface area contributed by atoms with E-state index >= 15 is 0 Å². The fraction of sp³-hybridized carbons (Fsp3) is 0. The molecule has 2 aromatic carbocycles. The van der Waals surface area contributed by atoms with E-state index in [1.165, 1.54) is 21.8 Å². The Morgan fingerprint density at radius 3 is 2.35 bits per heavy atom. The number of benzene rings is 2. The number of halogens is 2. The van der Waals surface area contributed by atoms with Crippen molar-refractivity contribution in [2.24, 2.45) is 0 Å². The molecule has 0 aliphatic rings. The summed E-state index contributed by atoms with van der Waals surface area (Å²) in [4.78, 5) is 0. The lowest BCUT2D eigenvalue weighted by molar-refractivity contribution is 1.29. The van der Waals surface area contributed by atoms with Gasteiger partial charge in [0.25, 0.3) is 0 Å². The molecular formula is C14H9Br2N. The minimum absolute atomic E-state index is 1.08. The second-order valence-electron chi connectivity index (χ2n) is 3.88. The van der Waals surface area contributed by atoms with Gasteiger partial charge in [0.15, 0.2) is 0 Å². The highest BCUT2D eigenvalue weighted by Gasteiger charge is 2.09. The third kappa shape index (κ3) is 1.65. The molecule has 84 valence electrons. The molecule has 0 saturated heterocycles. The summed E-state index contributed by atoms with van der Waals surface area (Å²) >= 11 is 7.03. The van der Waals surface area contributed by atoms with Crippen molar-refractivity contribution in [1.29, 1.82) is 0 Å². The summed E-state index contributed by atoms with van der Waals surface area (Å²) in [5.41, 5.74) is 2.35. The van der Waals surface area contributed by atoms with Crippen molar-refractivity contribution in [3.05, 3.63) is 51.9 Å². The van der Waals surface area contributed by atoms with Crippen molar-refractivity contribution in [3.63, 3.8) is 0 Å². The monoisotopic (exact) mass is 349 g/mol. The van der Waals surface area contributed by atoms with Crippen LogP contribution in [0.25, 0.3) is 28.0 Å². The van der Waals surface area contributed by atoms with Crippen LogP contribution in [-0.4, -0.2) is 4.57 Å². The average Bonchev–Trinajstić information content (AvgIpc) is 2.61. The van der Waals surface area contributed by atoms with Crippen LogP contribution in [0.2, 0.25) is 0 Å². The Morgan fingerprint density at radius 2 is 1.59 bits per heavy atom. The molecule has 0 amide bonds. The molecule has 0 saturated carbocycles. The van der Waals surface area contributed by atoms with Crippen LogP contribution in [0.3, 0.4) is 0 Å². The summed E-state index contributed by atoms with van der Waals surface area (Å²) in [5.74, 6) is 0. The Labute approximate surface area is 116 Å². The molecule has 1 nitrogen and oxygen atoms in total. The molecule has 3 rings (SSSR count). The van der Waals surface area contributed by atoms with E-state index in [1.54, 1.807) is 0 Å². The molecule has 3 aromatic rings. The Morgan fingerprint density at radius 1 is 0.882 bits per heavy atom. The molecular weight excluding hydrogens is 342 g/mol. The molecule has 0 bridgehead atoms. The molecule has 0 N–H and O–H groups in total. The minimum Gasteiger partial charge on any atom is -0.316 e. The summed E-state index contributed by atoms with van der Waals surface area (Å²) in [6, 6.07) is 12.6. The van der Waals surface area contributed by atoms with Crippen LogP contribution in [0, 0.1) is 0 Å². The predicted molar refractivity (Wildman–Crippen MR) is 81.2 cm³/mol. The van der Waals surface area contributed by atoms with Crippen molar-refractivity contribution in [2.75, 3.05) is 0 Å². The van der Waals surface area contributed by atoms with Gasteiger partial charge in [-0.15, -0.1) is 0 Å². The first-order chi connectivity index (χ1) is 8.20. The van der Waals surface area contributed by atoms with Gasteiger partial charge in [0.2, 0.25) is 0 Å². The molecule has 0 atom stereocenters. The Kier molecular flexibility index (Phi) is 2.60. The highest BCUT2D eigenvalue weighted by molar-refractivity contribution is 9.10. The van der Waals surface area contributed by atoms with Gasteiger partial charge >= 0.3 is 0 Å². The van der Waals surface area contributed by atoms with Crippen LogP contribution in [0.5, 0.6) is 0 Å². The predicted octanol–water partition coefficient (Wildman–Crippen LogP) is 5.42. The summed E-state index contributed by atoms with van der Waals surface area (Å²) < 4.78 is 4.29. The summed E-state index contributed by atoms with van der Waals surface area (Å²) in [7, 11) is 0. The lowest BCUT2D eigenvalue weighted by atomic mass is 10.2. The van der Waals surface area contributed by atoms with Crippen LogP contribution in [0.1, 0.15) is 0 Å². The molecule has 17 heavy (non-hydrogen) atoms. The van der Waals surface area contributed by atoms with Gasteiger partial charge in [0, 0.05) is 25.9 Å². The normalized spacial score (nSPS) is 11.2. The van der Waals surface area contributed by atoms with Gasteiger partial charge in [-0.25, -0.2) is 0 Å². The van der Waals surface area contributed by atoms with Gasteiger partial charge in [-0.2, -0.15) is 0 Å². The van der Waals surface area contributed by atoms with E-state index in [2.05, 4.69) is 79.4 Å². The standard InChI is InChI=1S/C14H9Br2N/c1-2-17-13-6-4-9(15)7-12(13)11-5-3-10(16)8-14(11)17/h2-8H,1H2. The Bertz CT molecular complexity index is 741. The first kappa shape index (κ1) is 11.1. The van der Waals surface area contributed by atoms with Gasteiger partial charge in [-0.1, -0.05) is 44.5 Å². The maximum absolute atomic E-state index is 3.89. The van der Waals surface area contributed by atoms with Crippen molar-refractivity contribution in [3.8, 4) is 0 Å². The van der Waals surface area contributed by atoms with E-state index in [0.29, 0.717) is 0 Å². The highest BCUT2D eigenvalue weighted by atomic mass is 79.9. The number of rotatable bonds is 1. The number of hydrogen-bond donors (Lipinski definition) is 0. The van der Waals surface area contributed by atoms with Crippen molar-refractivity contribution in [1.82, 2.24) is 4.57 Å². The van der Waals surface area contributed by atoms with Crippen molar-refractivity contribution in [2.45, 2.75) is 0 Å². The smallest absolute Gasteiger partial charge is 0.0545 e. The van der Waals surface area contributed by atoms with E-state index in [-0.39, 0.29) is 0 Å². The lowest BCUT2D eigenvalue weighted by Gasteiger charge is -1.99. The third-order valence-corrected chi connectivity index (χ3v) is 3.90. The SMILES string of the molecule is C=Cn1c2ccc(Br)cc2c2ccc(Br)cc21. The summed E-state index contributed by atoms with van der Waals surface area (Å²) in [6.45, 7) is 3.89. The zero-order valence-electron chi connectivity index (χ0n) is 8.95. The molecule has 0 unspecified atom stereocenters. The molecule has 0 aliphatic heterocycles. The maximum atomic E-state index is 3.89. The lowest BCUT2D eigenvalue weighted by Crippen LogP contribution is -1.83. The number of aromatic nitrogens is 1. The second-order valence-corrected chi connectivity index (χ2v) is 5.71. The van der Waals surface area contributed by atoms with E-state index in [0.717, 1.165) is 8.95 Å². The van der Waals surface area contributed by atoms with Crippen molar-refractivity contribution < 1.29 is 0 Å². The Balaban J connectivity index is 2.61. The third-order valence-electron chi connectivity index (χ3n) is 2.91.